The first-order valence-corrected chi connectivity index (χ1v) is 9.31. The molecule has 0 spiro atoms. The summed E-state index contributed by atoms with van der Waals surface area (Å²) in [6, 6.07) is 5.31. The first-order chi connectivity index (χ1) is 11.5. The van der Waals surface area contributed by atoms with E-state index >= 15 is 0 Å². The van der Waals surface area contributed by atoms with Gasteiger partial charge in [0.1, 0.15) is 5.75 Å². The van der Waals surface area contributed by atoms with Crippen LogP contribution in [-0.2, 0) is 4.79 Å². The van der Waals surface area contributed by atoms with Gasteiger partial charge in [0.05, 0.1) is 18.7 Å². The summed E-state index contributed by atoms with van der Waals surface area (Å²) in [6.45, 7) is 0.371. The van der Waals surface area contributed by atoms with Gasteiger partial charge in [-0.05, 0) is 74.5 Å². The van der Waals surface area contributed by atoms with E-state index in [0.717, 1.165) is 17.8 Å². The Morgan fingerprint density at radius 2 is 1.83 bits per heavy atom. The van der Waals surface area contributed by atoms with Crippen LogP contribution in [-0.4, -0.2) is 25.1 Å². The van der Waals surface area contributed by atoms with Crippen molar-refractivity contribution in [2.24, 2.45) is 17.8 Å². The molecule has 5 heteroatoms. The number of methoxy groups -OCH3 is 1. The number of anilines is 1. The van der Waals surface area contributed by atoms with Crippen LogP contribution in [0, 0.1) is 17.8 Å². The standard InChI is InChI=1S/C19H25ClN2O2/c1-24-17-3-2-15(7-16(17)20)22-18(23)11-21-19-8-12-4-13(9-19)6-14(5-12)10-19/h2-3,7,12-14,21H,4-6,8-11H2,1H3,(H,22,23). The lowest BCUT2D eigenvalue weighted by molar-refractivity contribution is -0.116. The Morgan fingerprint density at radius 1 is 1.21 bits per heavy atom. The van der Waals surface area contributed by atoms with Gasteiger partial charge in [0.2, 0.25) is 5.91 Å². The van der Waals surface area contributed by atoms with E-state index in [1.165, 1.54) is 38.5 Å². The van der Waals surface area contributed by atoms with Crippen LogP contribution in [0.15, 0.2) is 18.2 Å². The number of ether oxygens (including phenoxy) is 1. The fourth-order valence-electron chi connectivity index (χ4n) is 5.54. The van der Waals surface area contributed by atoms with E-state index in [1.807, 2.05) is 6.07 Å². The smallest absolute Gasteiger partial charge is 0.238 e. The maximum atomic E-state index is 12.3. The monoisotopic (exact) mass is 348 g/mol. The lowest BCUT2D eigenvalue weighted by atomic mass is 9.53. The predicted molar refractivity (Wildman–Crippen MR) is 95.5 cm³/mol. The van der Waals surface area contributed by atoms with Crippen molar-refractivity contribution in [2.75, 3.05) is 19.0 Å². The highest BCUT2D eigenvalue weighted by Crippen LogP contribution is 2.55. The summed E-state index contributed by atoms with van der Waals surface area (Å²) in [4.78, 5) is 12.3. The maximum absolute atomic E-state index is 12.3. The van der Waals surface area contributed by atoms with Crippen molar-refractivity contribution in [1.82, 2.24) is 5.32 Å². The lowest BCUT2D eigenvalue weighted by Gasteiger charge is -2.57. The third-order valence-electron chi connectivity index (χ3n) is 6.10. The van der Waals surface area contributed by atoms with Gasteiger partial charge in [0, 0.05) is 11.2 Å². The van der Waals surface area contributed by atoms with Crippen LogP contribution < -0.4 is 15.4 Å². The number of halogens is 1. The van der Waals surface area contributed by atoms with Gasteiger partial charge in [0.15, 0.2) is 0 Å². The minimum atomic E-state index is -0.00743. The molecule has 0 unspecified atom stereocenters. The highest BCUT2D eigenvalue weighted by atomic mass is 35.5. The fraction of sp³-hybridized carbons (Fsp3) is 0.632. The second kappa shape index (κ2) is 6.23. The van der Waals surface area contributed by atoms with Gasteiger partial charge in [0.25, 0.3) is 0 Å². The van der Waals surface area contributed by atoms with E-state index in [9.17, 15) is 4.79 Å². The molecular formula is C19H25ClN2O2. The molecule has 0 aliphatic heterocycles. The average Bonchev–Trinajstić information content (AvgIpc) is 2.52. The third kappa shape index (κ3) is 3.14. The molecule has 130 valence electrons. The van der Waals surface area contributed by atoms with Crippen molar-refractivity contribution in [3.05, 3.63) is 23.2 Å². The van der Waals surface area contributed by atoms with Crippen molar-refractivity contribution >= 4 is 23.2 Å². The molecular weight excluding hydrogens is 324 g/mol. The zero-order valence-corrected chi connectivity index (χ0v) is 14.9. The number of hydrogen-bond acceptors (Lipinski definition) is 3. The Bertz CT molecular complexity index is 611. The third-order valence-corrected chi connectivity index (χ3v) is 6.39. The lowest BCUT2D eigenvalue weighted by Crippen LogP contribution is -2.59. The molecule has 1 aromatic rings. The Hall–Kier alpha value is -1.26. The first-order valence-electron chi connectivity index (χ1n) is 8.94. The number of hydrogen-bond donors (Lipinski definition) is 2. The summed E-state index contributed by atoms with van der Waals surface area (Å²) in [5, 5.41) is 7.04. The van der Waals surface area contributed by atoms with Gasteiger partial charge in [-0.15, -0.1) is 0 Å². The number of amides is 1. The molecule has 5 rings (SSSR count). The summed E-state index contributed by atoms with van der Waals surface area (Å²) in [5.74, 6) is 3.25. The zero-order valence-electron chi connectivity index (χ0n) is 14.1. The molecule has 4 saturated carbocycles. The number of nitrogens with one attached hydrogen (secondary N) is 2. The largest absolute Gasteiger partial charge is 0.495 e. The van der Waals surface area contributed by atoms with Crippen LogP contribution in [0.3, 0.4) is 0 Å². The Labute approximate surface area is 148 Å². The molecule has 0 atom stereocenters. The second-order valence-electron chi connectivity index (χ2n) is 7.95. The van der Waals surface area contributed by atoms with Gasteiger partial charge in [-0.1, -0.05) is 11.6 Å². The molecule has 4 aliphatic carbocycles. The summed E-state index contributed by atoms with van der Waals surface area (Å²) in [6.07, 6.45) is 7.99. The first kappa shape index (κ1) is 16.2. The van der Waals surface area contributed by atoms with Crippen molar-refractivity contribution in [3.63, 3.8) is 0 Å². The molecule has 4 bridgehead atoms. The topological polar surface area (TPSA) is 50.4 Å². The van der Waals surface area contributed by atoms with Crippen LogP contribution in [0.4, 0.5) is 5.69 Å². The molecule has 4 aliphatic rings. The van der Waals surface area contributed by atoms with Crippen LogP contribution in [0.1, 0.15) is 38.5 Å². The molecule has 0 aromatic heterocycles. The van der Waals surface area contributed by atoms with E-state index < -0.39 is 0 Å². The summed E-state index contributed by atoms with van der Waals surface area (Å²) in [5.41, 5.74) is 0.919. The molecule has 2 N–H and O–H groups in total. The Morgan fingerprint density at radius 3 is 2.38 bits per heavy atom. The Kier molecular flexibility index (Phi) is 4.21. The Balaban J connectivity index is 1.34. The molecule has 4 nitrogen and oxygen atoms in total. The molecule has 0 saturated heterocycles. The zero-order chi connectivity index (χ0) is 16.7. The van der Waals surface area contributed by atoms with Gasteiger partial charge in [-0.2, -0.15) is 0 Å². The number of rotatable bonds is 5. The van der Waals surface area contributed by atoms with Crippen LogP contribution in [0.2, 0.25) is 5.02 Å². The molecule has 1 amide bonds. The predicted octanol–water partition coefficient (Wildman–Crippen LogP) is 3.85. The molecule has 0 heterocycles. The van der Waals surface area contributed by atoms with Gasteiger partial charge in [-0.25, -0.2) is 0 Å². The quantitative estimate of drug-likeness (QED) is 0.849. The van der Waals surface area contributed by atoms with Gasteiger partial charge < -0.3 is 15.4 Å². The average molecular weight is 349 g/mol. The molecule has 24 heavy (non-hydrogen) atoms. The highest BCUT2D eigenvalue weighted by Gasteiger charge is 2.50. The molecule has 4 fully saturated rings. The van der Waals surface area contributed by atoms with Crippen LogP contribution >= 0.6 is 11.6 Å². The van der Waals surface area contributed by atoms with E-state index in [4.69, 9.17) is 16.3 Å². The van der Waals surface area contributed by atoms with E-state index in [1.54, 1.807) is 19.2 Å². The fourth-order valence-corrected chi connectivity index (χ4v) is 5.80. The van der Waals surface area contributed by atoms with Gasteiger partial charge in [-0.3, -0.25) is 4.79 Å². The van der Waals surface area contributed by atoms with Gasteiger partial charge >= 0.3 is 0 Å². The minimum Gasteiger partial charge on any atom is -0.495 e. The van der Waals surface area contributed by atoms with Crippen molar-refractivity contribution in [2.45, 2.75) is 44.1 Å². The molecule has 0 radical (unpaired) electrons. The van der Waals surface area contributed by atoms with E-state index in [2.05, 4.69) is 10.6 Å². The second-order valence-corrected chi connectivity index (χ2v) is 8.36. The highest BCUT2D eigenvalue weighted by molar-refractivity contribution is 6.32. The maximum Gasteiger partial charge on any atom is 0.238 e. The SMILES string of the molecule is COc1ccc(NC(=O)CNC23CC4CC(CC(C4)C2)C3)cc1Cl. The van der Waals surface area contributed by atoms with E-state index in [-0.39, 0.29) is 11.4 Å². The minimum absolute atomic E-state index is 0.00743. The van der Waals surface area contributed by atoms with E-state index in [0.29, 0.717) is 23.0 Å². The number of benzene rings is 1. The van der Waals surface area contributed by atoms with Crippen LogP contribution in [0.25, 0.3) is 0 Å². The van der Waals surface area contributed by atoms with Crippen molar-refractivity contribution in [1.29, 1.82) is 0 Å². The van der Waals surface area contributed by atoms with Crippen molar-refractivity contribution in [3.8, 4) is 5.75 Å². The number of carbonyl (C=O) groups excluding carboxylic acids is 1. The summed E-state index contributed by atoms with van der Waals surface area (Å²) in [7, 11) is 1.58. The van der Waals surface area contributed by atoms with Crippen molar-refractivity contribution < 1.29 is 9.53 Å². The normalized spacial score (nSPS) is 33.5. The summed E-state index contributed by atoms with van der Waals surface area (Å²) >= 11 is 6.11. The molecule has 1 aromatic carbocycles. The summed E-state index contributed by atoms with van der Waals surface area (Å²) < 4.78 is 5.13. The van der Waals surface area contributed by atoms with Crippen LogP contribution in [0.5, 0.6) is 5.75 Å². The number of carbonyl (C=O) groups is 1.